The molecule has 2 N–H and O–H groups in total. The summed E-state index contributed by atoms with van der Waals surface area (Å²) in [5.74, 6) is 2.06. The number of hydrogen-bond donors (Lipinski definition) is 2. The van der Waals surface area contributed by atoms with Crippen LogP contribution in [0.4, 0.5) is 0 Å². The molecule has 148 valence electrons. The van der Waals surface area contributed by atoms with E-state index in [2.05, 4.69) is 10.6 Å². The number of rotatable bonds is 5. The first-order valence-electron chi connectivity index (χ1n) is 9.78. The number of amides is 1. The van der Waals surface area contributed by atoms with Gasteiger partial charge in [0.25, 0.3) is 5.91 Å². The maximum Gasteiger partial charge on any atom is 0.264 e. The van der Waals surface area contributed by atoms with Crippen LogP contribution in [0, 0.1) is 6.92 Å². The molecule has 2 aromatic carbocycles. The van der Waals surface area contributed by atoms with Crippen LogP contribution in [-0.2, 0) is 4.79 Å². The minimum atomic E-state index is -0.867. The molecule has 1 atom stereocenters. The van der Waals surface area contributed by atoms with Gasteiger partial charge in [0.05, 0.1) is 6.54 Å². The van der Waals surface area contributed by atoms with Gasteiger partial charge in [-0.05, 0) is 44.3 Å². The van der Waals surface area contributed by atoms with Gasteiger partial charge in [0.15, 0.2) is 17.1 Å². The predicted octanol–water partition coefficient (Wildman–Crippen LogP) is 2.45. The summed E-state index contributed by atoms with van der Waals surface area (Å²) in [6.45, 7) is 4.30. The molecule has 28 heavy (non-hydrogen) atoms. The molecule has 0 aromatic heterocycles. The molecule has 2 aromatic rings. The second kappa shape index (κ2) is 8.10. The van der Waals surface area contributed by atoms with Crippen LogP contribution in [-0.4, -0.2) is 43.9 Å². The Balaban J connectivity index is 1.41. The molecule has 2 aliphatic heterocycles. The molecule has 6 nitrogen and oxygen atoms in total. The molecule has 0 bridgehead atoms. The largest absolute Gasteiger partial charge is 0.486 e. The number of carbonyl (C=O) groups is 1. The number of benzene rings is 2. The van der Waals surface area contributed by atoms with Crippen LogP contribution in [0.25, 0.3) is 0 Å². The Bertz CT molecular complexity index is 816. The first kappa shape index (κ1) is 18.6. The fourth-order valence-corrected chi connectivity index (χ4v) is 3.57. The molecular weight excluding hydrogens is 356 g/mol. The second-order valence-corrected chi connectivity index (χ2v) is 7.37. The third-order valence-corrected chi connectivity index (χ3v) is 5.22. The van der Waals surface area contributed by atoms with Crippen molar-refractivity contribution in [2.45, 2.75) is 31.5 Å². The van der Waals surface area contributed by atoms with E-state index in [9.17, 15) is 4.79 Å². The van der Waals surface area contributed by atoms with E-state index >= 15 is 0 Å². The fourth-order valence-electron chi connectivity index (χ4n) is 3.57. The van der Waals surface area contributed by atoms with E-state index in [1.54, 1.807) is 0 Å². The minimum absolute atomic E-state index is 0.1000. The van der Waals surface area contributed by atoms with Crippen molar-refractivity contribution in [2.75, 3.05) is 26.2 Å². The van der Waals surface area contributed by atoms with Gasteiger partial charge in [0.2, 0.25) is 0 Å². The van der Waals surface area contributed by atoms with Crippen molar-refractivity contribution in [2.24, 2.45) is 0 Å². The quantitative estimate of drug-likeness (QED) is 0.831. The van der Waals surface area contributed by atoms with Crippen molar-refractivity contribution in [3.63, 3.8) is 0 Å². The van der Waals surface area contributed by atoms with Crippen LogP contribution < -0.4 is 24.8 Å². The summed E-state index contributed by atoms with van der Waals surface area (Å²) in [6.07, 6.45) is 1.02. The minimum Gasteiger partial charge on any atom is -0.486 e. The normalized spacial score (nSPS) is 20.2. The summed E-state index contributed by atoms with van der Waals surface area (Å²) < 4.78 is 17.9. The average Bonchev–Trinajstić information content (AvgIpc) is 2.74. The average molecular weight is 382 g/mol. The zero-order valence-electron chi connectivity index (χ0n) is 16.1. The summed E-state index contributed by atoms with van der Waals surface area (Å²) in [7, 11) is 0. The van der Waals surface area contributed by atoms with E-state index in [0.29, 0.717) is 37.5 Å². The number of para-hydroxylation sites is 2. The summed E-state index contributed by atoms with van der Waals surface area (Å²) >= 11 is 0. The number of ether oxygens (including phenoxy) is 3. The van der Waals surface area contributed by atoms with Crippen molar-refractivity contribution < 1.29 is 19.0 Å². The number of nitrogens with one attached hydrogen (secondary N) is 2. The Labute approximate surface area is 165 Å². The van der Waals surface area contributed by atoms with Crippen LogP contribution >= 0.6 is 0 Å². The molecule has 0 radical (unpaired) electrons. The number of fused-ring (bicyclic) bond motifs is 1. The van der Waals surface area contributed by atoms with Crippen LogP contribution in [0.1, 0.15) is 18.4 Å². The molecule has 0 spiro atoms. The highest BCUT2D eigenvalue weighted by atomic mass is 16.6. The lowest BCUT2D eigenvalue weighted by atomic mass is 9.90. The summed E-state index contributed by atoms with van der Waals surface area (Å²) in [5.41, 5.74) is 0.291. The van der Waals surface area contributed by atoms with Gasteiger partial charge in [-0.25, -0.2) is 0 Å². The Morgan fingerprint density at radius 1 is 1.14 bits per heavy atom. The molecule has 1 saturated heterocycles. The summed E-state index contributed by atoms with van der Waals surface area (Å²) in [5, 5.41) is 6.33. The fraction of sp³-hybridized carbons (Fsp3) is 0.409. The molecule has 4 rings (SSSR count). The molecule has 0 aliphatic carbocycles. The van der Waals surface area contributed by atoms with E-state index in [1.807, 2.05) is 55.5 Å². The van der Waals surface area contributed by atoms with E-state index in [1.165, 1.54) is 0 Å². The van der Waals surface area contributed by atoms with Crippen LogP contribution in [0.5, 0.6) is 17.2 Å². The van der Waals surface area contributed by atoms with Crippen molar-refractivity contribution in [3.05, 3.63) is 54.1 Å². The lowest BCUT2D eigenvalue weighted by Gasteiger charge is -2.37. The Hall–Kier alpha value is -2.73. The first-order chi connectivity index (χ1) is 13.6. The third-order valence-electron chi connectivity index (χ3n) is 5.22. The van der Waals surface area contributed by atoms with Gasteiger partial charge in [0, 0.05) is 12.8 Å². The topological polar surface area (TPSA) is 68.8 Å². The molecule has 1 amide bonds. The zero-order valence-corrected chi connectivity index (χ0v) is 16.1. The van der Waals surface area contributed by atoms with Crippen molar-refractivity contribution in [3.8, 4) is 17.2 Å². The lowest BCUT2D eigenvalue weighted by molar-refractivity contribution is -0.139. The highest BCUT2D eigenvalue weighted by molar-refractivity contribution is 5.85. The van der Waals surface area contributed by atoms with E-state index in [-0.39, 0.29) is 12.0 Å². The monoisotopic (exact) mass is 382 g/mol. The van der Waals surface area contributed by atoms with Gasteiger partial charge in [-0.15, -0.1) is 0 Å². The highest BCUT2D eigenvalue weighted by Crippen LogP contribution is 2.31. The second-order valence-electron chi connectivity index (χ2n) is 7.37. The Morgan fingerprint density at radius 2 is 1.86 bits per heavy atom. The number of piperidine rings is 1. The van der Waals surface area contributed by atoms with Gasteiger partial charge in [-0.1, -0.05) is 29.8 Å². The Kier molecular flexibility index (Phi) is 5.39. The van der Waals surface area contributed by atoms with Crippen LogP contribution in [0.15, 0.2) is 48.5 Å². The predicted molar refractivity (Wildman–Crippen MR) is 106 cm³/mol. The van der Waals surface area contributed by atoms with Crippen molar-refractivity contribution >= 4 is 5.91 Å². The van der Waals surface area contributed by atoms with Gasteiger partial charge >= 0.3 is 0 Å². The van der Waals surface area contributed by atoms with Gasteiger partial charge in [-0.3, -0.25) is 4.79 Å². The molecule has 1 fully saturated rings. The molecule has 2 aliphatic rings. The standard InChI is InChI=1S/C22H26N2O4/c1-16-6-8-17(9-7-16)28-22(10-12-23-13-11-22)21(25)24-14-18-15-26-19-4-2-3-5-20(19)27-18/h2-9,18,23H,10-15H2,1H3,(H,24,25). The maximum absolute atomic E-state index is 13.1. The van der Waals surface area contributed by atoms with Gasteiger partial charge in [0.1, 0.15) is 18.5 Å². The van der Waals surface area contributed by atoms with E-state index in [0.717, 1.165) is 24.4 Å². The van der Waals surface area contributed by atoms with E-state index in [4.69, 9.17) is 14.2 Å². The van der Waals surface area contributed by atoms with Gasteiger partial charge in [-0.2, -0.15) is 0 Å². The lowest BCUT2D eigenvalue weighted by Crippen LogP contribution is -2.58. The molecule has 2 heterocycles. The number of hydrogen-bond acceptors (Lipinski definition) is 5. The Morgan fingerprint density at radius 3 is 2.61 bits per heavy atom. The molecule has 6 heteroatoms. The maximum atomic E-state index is 13.1. The smallest absolute Gasteiger partial charge is 0.264 e. The molecule has 1 unspecified atom stereocenters. The first-order valence-corrected chi connectivity index (χ1v) is 9.78. The highest BCUT2D eigenvalue weighted by Gasteiger charge is 2.42. The third kappa shape index (κ3) is 4.07. The van der Waals surface area contributed by atoms with Crippen LogP contribution in [0.3, 0.4) is 0 Å². The molecular formula is C22H26N2O4. The van der Waals surface area contributed by atoms with Crippen LogP contribution in [0.2, 0.25) is 0 Å². The SMILES string of the molecule is Cc1ccc(OC2(C(=O)NCC3COc4ccccc4O3)CCNCC2)cc1. The summed E-state index contributed by atoms with van der Waals surface area (Å²) in [4.78, 5) is 13.1. The van der Waals surface area contributed by atoms with Crippen molar-refractivity contribution in [1.29, 1.82) is 0 Å². The number of carbonyl (C=O) groups excluding carboxylic acids is 1. The number of aryl methyl sites for hydroxylation is 1. The van der Waals surface area contributed by atoms with Gasteiger partial charge < -0.3 is 24.8 Å². The molecule has 0 saturated carbocycles. The summed E-state index contributed by atoms with van der Waals surface area (Å²) in [6, 6.07) is 15.4. The van der Waals surface area contributed by atoms with E-state index < -0.39 is 5.60 Å². The zero-order chi connectivity index (χ0) is 19.4. The van der Waals surface area contributed by atoms with Crippen molar-refractivity contribution in [1.82, 2.24) is 10.6 Å².